The van der Waals surface area contributed by atoms with Gasteiger partial charge in [0.15, 0.2) is 0 Å². The van der Waals surface area contributed by atoms with Crippen LogP contribution in [0.4, 0.5) is 0 Å². The Morgan fingerprint density at radius 1 is 0.562 bits per heavy atom. The molecule has 0 radical (unpaired) electrons. The molecule has 0 aromatic carbocycles. The van der Waals surface area contributed by atoms with Crippen LogP contribution in [0, 0.1) is 0 Å². The monoisotopic (exact) mass is 672 g/mol. The highest BCUT2D eigenvalue weighted by atomic mass is 16.5. The summed E-state index contributed by atoms with van der Waals surface area (Å²) < 4.78 is 5.76. The summed E-state index contributed by atoms with van der Waals surface area (Å²) in [4.78, 5) is 34.7. The fourth-order valence-electron chi connectivity index (χ4n) is 5.53. The van der Waals surface area contributed by atoms with Crippen LogP contribution in [0.2, 0.25) is 0 Å². The molecule has 6 nitrogen and oxygen atoms in total. The normalized spacial score (nSPS) is 12.5. The molecular formula is C42H73NO5. The highest BCUT2D eigenvalue weighted by Gasteiger charge is 2.09. The van der Waals surface area contributed by atoms with Gasteiger partial charge in [0.05, 0.1) is 0 Å². The molecule has 0 saturated heterocycles. The van der Waals surface area contributed by atoms with Gasteiger partial charge in [-0.05, 0) is 76.4 Å². The van der Waals surface area contributed by atoms with Gasteiger partial charge in [0.1, 0.15) is 12.6 Å². The average molecular weight is 672 g/mol. The molecule has 0 fully saturated rings. The Labute approximate surface area is 295 Å². The number of carbonyl (C=O) groups is 3. The zero-order valence-corrected chi connectivity index (χ0v) is 31.1. The van der Waals surface area contributed by atoms with Crippen LogP contribution in [0.1, 0.15) is 187 Å². The molecule has 0 aliphatic carbocycles. The minimum absolute atomic E-state index is 0.141. The van der Waals surface area contributed by atoms with Crippen LogP contribution in [-0.2, 0) is 19.1 Å². The number of ether oxygens (including phenoxy) is 1. The van der Waals surface area contributed by atoms with Crippen LogP contribution in [0.15, 0.2) is 48.6 Å². The SMILES string of the molecule is CC/C=C\C/C=C\C(/C=C\CCCCCC(=O)NCC(=O)O)OC(=O)CCCCCCCCCCC/C=C\CCCCCCCCCC. The Bertz CT molecular complexity index is 875. The molecule has 2 N–H and O–H groups in total. The zero-order chi connectivity index (χ0) is 35.2. The summed E-state index contributed by atoms with van der Waals surface area (Å²) in [5.41, 5.74) is 0. The molecule has 0 bridgehead atoms. The number of amides is 1. The minimum atomic E-state index is -1.03. The van der Waals surface area contributed by atoms with Gasteiger partial charge in [0.25, 0.3) is 0 Å². The predicted molar refractivity (Wildman–Crippen MR) is 203 cm³/mol. The second-order valence-electron chi connectivity index (χ2n) is 13.2. The van der Waals surface area contributed by atoms with Crippen molar-refractivity contribution in [3.05, 3.63) is 48.6 Å². The number of hydrogen-bond acceptors (Lipinski definition) is 4. The van der Waals surface area contributed by atoms with Crippen LogP contribution < -0.4 is 5.32 Å². The van der Waals surface area contributed by atoms with E-state index in [-0.39, 0.29) is 24.5 Å². The molecule has 0 aliphatic heterocycles. The average Bonchev–Trinajstić information content (AvgIpc) is 3.07. The molecule has 0 spiro atoms. The first-order valence-corrected chi connectivity index (χ1v) is 19.8. The topological polar surface area (TPSA) is 92.7 Å². The van der Waals surface area contributed by atoms with Gasteiger partial charge >= 0.3 is 11.9 Å². The number of esters is 1. The van der Waals surface area contributed by atoms with Crippen molar-refractivity contribution in [3.8, 4) is 0 Å². The van der Waals surface area contributed by atoms with Gasteiger partial charge in [-0.25, -0.2) is 0 Å². The Kier molecular flexibility index (Phi) is 35.2. The maximum atomic E-state index is 12.5. The fraction of sp³-hybridized carbons (Fsp3) is 0.738. The number of rotatable bonds is 35. The molecule has 0 aromatic heterocycles. The van der Waals surface area contributed by atoms with Crippen LogP contribution in [0.25, 0.3) is 0 Å². The molecule has 0 aliphatic rings. The highest BCUT2D eigenvalue weighted by molar-refractivity contribution is 5.80. The van der Waals surface area contributed by atoms with Crippen LogP contribution in [-0.4, -0.2) is 35.6 Å². The van der Waals surface area contributed by atoms with Crippen LogP contribution in [0.3, 0.4) is 0 Å². The second-order valence-corrected chi connectivity index (χ2v) is 13.2. The summed E-state index contributed by atoms with van der Waals surface area (Å²) in [6.45, 7) is 4.05. The van der Waals surface area contributed by atoms with E-state index in [4.69, 9.17) is 9.84 Å². The van der Waals surface area contributed by atoms with Crippen molar-refractivity contribution in [2.75, 3.05) is 6.54 Å². The summed E-state index contributed by atoms with van der Waals surface area (Å²) in [5, 5.41) is 11.0. The summed E-state index contributed by atoms with van der Waals surface area (Å²) in [6.07, 6.45) is 47.3. The molecule has 1 atom stereocenters. The number of unbranched alkanes of at least 4 members (excludes halogenated alkanes) is 20. The van der Waals surface area contributed by atoms with Crippen molar-refractivity contribution in [1.82, 2.24) is 5.32 Å². The maximum Gasteiger partial charge on any atom is 0.322 e. The highest BCUT2D eigenvalue weighted by Crippen LogP contribution is 2.14. The van der Waals surface area contributed by atoms with E-state index in [0.29, 0.717) is 12.8 Å². The van der Waals surface area contributed by atoms with Gasteiger partial charge in [-0.15, -0.1) is 0 Å². The van der Waals surface area contributed by atoms with Gasteiger partial charge in [-0.2, -0.15) is 0 Å². The first-order chi connectivity index (χ1) is 23.5. The lowest BCUT2D eigenvalue weighted by Gasteiger charge is -2.11. The van der Waals surface area contributed by atoms with Crippen molar-refractivity contribution in [2.45, 2.75) is 193 Å². The summed E-state index contributed by atoms with van der Waals surface area (Å²) >= 11 is 0. The van der Waals surface area contributed by atoms with E-state index in [1.165, 1.54) is 109 Å². The van der Waals surface area contributed by atoms with Gasteiger partial charge < -0.3 is 15.2 Å². The van der Waals surface area contributed by atoms with Crippen molar-refractivity contribution >= 4 is 17.8 Å². The summed E-state index contributed by atoms with van der Waals surface area (Å²) in [5.74, 6) is -1.40. The predicted octanol–water partition coefficient (Wildman–Crippen LogP) is 11.9. The standard InChI is InChI=1S/C42H73NO5/c1-3-5-7-9-10-11-12-13-14-15-16-17-18-19-20-21-22-23-24-29-33-37-42(47)48-39(34-30-26-8-6-4-2)35-31-27-25-28-32-36-40(44)43-38-41(45)46/h6,8,15-16,30-31,34-35,39H,3-5,7,9-14,17-29,32-33,36-38H2,1-2H3,(H,43,44)(H,45,46)/b8-6-,16-15-,34-30-,35-31-. The largest absolute Gasteiger partial charge is 0.480 e. The second kappa shape index (κ2) is 37.2. The van der Waals surface area contributed by atoms with E-state index in [0.717, 1.165) is 51.4 Å². The fourth-order valence-corrected chi connectivity index (χ4v) is 5.53. The third kappa shape index (κ3) is 36.2. The molecule has 1 amide bonds. The lowest BCUT2D eigenvalue weighted by molar-refractivity contribution is -0.145. The first-order valence-electron chi connectivity index (χ1n) is 19.8. The van der Waals surface area contributed by atoms with Crippen LogP contribution >= 0.6 is 0 Å². The van der Waals surface area contributed by atoms with Crippen molar-refractivity contribution in [1.29, 1.82) is 0 Å². The molecular weight excluding hydrogens is 598 g/mol. The Balaban J connectivity index is 3.93. The number of hydrogen-bond donors (Lipinski definition) is 2. The summed E-state index contributed by atoms with van der Waals surface area (Å²) in [7, 11) is 0. The van der Waals surface area contributed by atoms with Gasteiger partial charge in [-0.3, -0.25) is 14.4 Å². The van der Waals surface area contributed by atoms with Gasteiger partial charge in [0.2, 0.25) is 5.91 Å². The van der Waals surface area contributed by atoms with Crippen molar-refractivity contribution in [3.63, 3.8) is 0 Å². The lowest BCUT2D eigenvalue weighted by atomic mass is 10.1. The van der Waals surface area contributed by atoms with E-state index in [1.54, 1.807) is 0 Å². The summed E-state index contributed by atoms with van der Waals surface area (Å²) in [6, 6.07) is 0. The number of allylic oxidation sites excluding steroid dienone is 6. The van der Waals surface area contributed by atoms with Crippen LogP contribution in [0.5, 0.6) is 0 Å². The molecule has 6 heteroatoms. The number of carboxylic acid groups (broad SMARTS) is 1. The molecule has 0 aromatic rings. The molecule has 0 heterocycles. The van der Waals surface area contributed by atoms with Gasteiger partial charge in [0, 0.05) is 12.8 Å². The van der Waals surface area contributed by atoms with Crippen molar-refractivity contribution in [2.24, 2.45) is 0 Å². The van der Waals surface area contributed by atoms with E-state index in [1.807, 2.05) is 24.3 Å². The van der Waals surface area contributed by atoms with E-state index >= 15 is 0 Å². The first kappa shape index (κ1) is 45.4. The maximum absolute atomic E-state index is 12.5. The van der Waals surface area contributed by atoms with E-state index in [2.05, 4.69) is 43.5 Å². The molecule has 1 unspecified atom stereocenters. The third-order valence-corrected chi connectivity index (χ3v) is 8.45. The van der Waals surface area contributed by atoms with Crippen molar-refractivity contribution < 1.29 is 24.2 Å². The minimum Gasteiger partial charge on any atom is -0.480 e. The number of carboxylic acids is 1. The quantitative estimate of drug-likeness (QED) is 0.0397. The Morgan fingerprint density at radius 3 is 1.60 bits per heavy atom. The number of aliphatic carboxylic acids is 1. The molecule has 0 saturated carbocycles. The zero-order valence-electron chi connectivity index (χ0n) is 31.1. The number of carbonyl (C=O) groups excluding carboxylic acids is 2. The number of nitrogens with one attached hydrogen (secondary N) is 1. The third-order valence-electron chi connectivity index (χ3n) is 8.45. The molecule has 0 rings (SSSR count). The van der Waals surface area contributed by atoms with Gasteiger partial charge in [-0.1, -0.05) is 147 Å². The van der Waals surface area contributed by atoms with E-state index < -0.39 is 5.97 Å². The Hall–Kier alpha value is -2.63. The lowest BCUT2D eigenvalue weighted by Crippen LogP contribution is -2.28. The molecule has 276 valence electrons. The Morgan fingerprint density at radius 2 is 1.04 bits per heavy atom. The smallest absolute Gasteiger partial charge is 0.322 e. The van der Waals surface area contributed by atoms with E-state index in [9.17, 15) is 14.4 Å². The molecule has 48 heavy (non-hydrogen) atoms.